The fourth-order valence-electron chi connectivity index (χ4n) is 2.17. The van der Waals surface area contributed by atoms with Crippen LogP contribution < -0.4 is 5.32 Å². The summed E-state index contributed by atoms with van der Waals surface area (Å²) in [6.07, 6.45) is 6.58. The zero-order valence-electron chi connectivity index (χ0n) is 11.6. The van der Waals surface area contributed by atoms with Crippen LogP contribution in [0.25, 0.3) is 0 Å². The van der Waals surface area contributed by atoms with Crippen molar-refractivity contribution in [1.82, 2.24) is 10.2 Å². The Balaban J connectivity index is 2.96. The van der Waals surface area contributed by atoms with E-state index in [0.29, 0.717) is 6.42 Å². The quantitative estimate of drug-likeness (QED) is 0.764. The highest BCUT2D eigenvalue weighted by atomic mass is 16.2. The molecule has 0 saturated carbocycles. The van der Waals surface area contributed by atoms with E-state index in [0.717, 1.165) is 6.42 Å². The van der Waals surface area contributed by atoms with Gasteiger partial charge in [-0.2, -0.15) is 0 Å². The van der Waals surface area contributed by atoms with Gasteiger partial charge in [0.1, 0.15) is 6.04 Å². The topological polar surface area (TPSA) is 49.4 Å². The Kier molecular flexibility index (Phi) is 4.39. The van der Waals surface area contributed by atoms with E-state index in [9.17, 15) is 9.59 Å². The number of carbonyl (C=O) groups is 2. The lowest BCUT2D eigenvalue weighted by molar-refractivity contribution is -0.149. The van der Waals surface area contributed by atoms with Crippen molar-refractivity contribution in [2.24, 2.45) is 5.41 Å². The summed E-state index contributed by atoms with van der Waals surface area (Å²) in [6, 6.07) is -0.510. The Morgan fingerprint density at radius 3 is 2.56 bits per heavy atom. The number of rotatable bonds is 3. The summed E-state index contributed by atoms with van der Waals surface area (Å²) in [5.41, 5.74) is -0.292. The highest BCUT2D eigenvalue weighted by molar-refractivity contribution is 5.95. The van der Waals surface area contributed by atoms with Crippen LogP contribution in [0.5, 0.6) is 0 Å². The van der Waals surface area contributed by atoms with Gasteiger partial charge in [-0.05, 0) is 11.8 Å². The highest BCUT2D eigenvalue weighted by Crippen LogP contribution is 2.25. The summed E-state index contributed by atoms with van der Waals surface area (Å²) in [4.78, 5) is 25.8. The third-order valence-electron chi connectivity index (χ3n) is 3.28. The molecule has 1 fully saturated rings. The van der Waals surface area contributed by atoms with Crippen LogP contribution in [0.3, 0.4) is 0 Å². The van der Waals surface area contributed by atoms with Gasteiger partial charge in [-0.15, -0.1) is 12.3 Å². The predicted octanol–water partition coefficient (Wildman–Crippen LogP) is 1.16. The normalized spacial score (nSPS) is 22.4. The second-order valence-electron chi connectivity index (χ2n) is 5.80. The molecule has 2 amide bonds. The first-order valence-corrected chi connectivity index (χ1v) is 6.34. The minimum atomic E-state index is -0.467. The summed E-state index contributed by atoms with van der Waals surface area (Å²) < 4.78 is 0. The van der Waals surface area contributed by atoms with Crippen molar-refractivity contribution in [3.05, 3.63) is 0 Å². The molecule has 0 aromatic rings. The minimum absolute atomic E-state index is 0.0239. The van der Waals surface area contributed by atoms with Gasteiger partial charge < -0.3 is 10.2 Å². The third kappa shape index (κ3) is 3.04. The van der Waals surface area contributed by atoms with Crippen LogP contribution in [0.2, 0.25) is 0 Å². The lowest BCUT2D eigenvalue weighted by Gasteiger charge is -2.41. The number of terminal acetylenes is 1. The van der Waals surface area contributed by atoms with Crippen molar-refractivity contribution < 1.29 is 9.59 Å². The summed E-state index contributed by atoms with van der Waals surface area (Å²) >= 11 is 0. The highest BCUT2D eigenvalue weighted by Gasteiger charge is 2.41. The van der Waals surface area contributed by atoms with Crippen LogP contribution in [0.4, 0.5) is 0 Å². The summed E-state index contributed by atoms with van der Waals surface area (Å²) in [7, 11) is 0. The van der Waals surface area contributed by atoms with E-state index in [1.165, 1.54) is 0 Å². The third-order valence-corrected chi connectivity index (χ3v) is 3.28. The second-order valence-corrected chi connectivity index (χ2v) is 5.80. The zero-order valence-corrected chi connectivity index (χ0v) is 11.6. The van der Waals surface area contributed by atoms with E-state index in [1.807, 2.05) is 27.7 Å². The van der Waals surface area contributed by atoms with Gasteiger partial charge in [0, 0.05) is 12.5 Å². The van der Waals surface area contributed by atoms with E-state index >= 15 is 0 Å². The molecule has 4 heteroatoms. The Hall–Kier alpha value is -1.50. The summed E-state index contributed by atoms with van der Waals surface area (Å²) in [5.74, 6) is 2.45. The Labute approximate surface area is 109 Å². The summed E-state index contributed by atoms with van der Waals surface area (Å²) in [5, 5.41) is 2.78. The van der Waals surface area contributed by atoms with Crippen molar-refractivity contribution in [2.45, 2.75) is 52.6 Å². The van der Waals surface area contributed by atoms with Gasteiger partial charge in [0.15, 0.2) is 0 Å². The van der Waals surface area contributed by atoms with Gasteiger partial charge in [0.05, 0.1) is 6.54 Å². The second kappa shape index (κ2) is 5.43. The van der Waals surface area contributed by atoms with E-state index in [2.05, 4.69) is 11.2 Å². The fourth-order valence-corrected chi connectivity index (χ4v) is 2.17. The van der Waals surface area contributed by atoms with Gasteiger partial charge in [-0.25, -0.2) is 0 Å². The average molecular weight is 250 g/mol. The van der Waals surface area contributed by atoms with Crippen molar-refractivity contribution in [2.75, 3.05) is 6.54 Å². The maximum atomic E-state index is 12.4. The van der Waals surface area contributed by atoms with Gasteiger partial charge in [0.25, 0.3) is 0 Å². The van der Waals surface area contributed by atoms with Gasteiger partial charge in [-0.1, -0.05) is 27.7 Å². The molecule has 1 N–H and O–H groups in total. The average Bonchev–Trinajstić information content (AvgIpc) is 2.27. The predicted molar refractivity (Wildman–Crippen MR) is 70.6 cm³/mol. The van der Waals surface area contributed by atoms with Crippen LogP contribution in [0.1, 0.15) is 40.5 Å². The first-order valence-electron chi connectivity index (χ1n) is 6.34. The first-order chi connectivity index (χ1) is 8.31. The number of nitrogens with zero attached hydrogens (tertiary/aromatic N) is 1. The molecule has 1 aliphatic heterocycles. The maximum absolute atomic E-state index is 12.4. The molecule has 1 heterocycles. The molecule has 4 nitrogen and oxygen atoms in total. The monoisotopic (exact) mass is 250 g/mol. The molecule has 2 atom stereocenters. The Morgan fingerprint density at radius 2 is 2.11 bits per heavy atom. The molecule has 0 aliphatic carbocycles. The molecule has 1 aliphatic rings. The molecule has 0 spiro atoms. The molecule has 1 rings (SSSR count). The molecular formula is C14H22N2O2. The number of hydrogen-bond donors (Lipinski definition) is 1. The summed E-state index contributed by atoms with van der Waals surface area (Å²) in [6.45, 7) is 7.93. The van der Waals surface area contributed by atoms with Crippen molar-refractivity contribution in [3.63, 3.8) is 0 Å². The lowest BCUT2D eigenvalue weighted by Crippen LogP contribution is -2.64. The van der Waals surface area contributed by atoms with E-state index in [1.54, 1.807) is 4.90 Å². The smallest absolute Gasteiger partial charge is 0.246 e. The molecule has 0 aromatic heterocycles. The molecule has 18 heavy (non-hydrogen) atoms. The lowest BCUT2D eigenvalue weighted by atomic mass is 9.84. The minimum Gasteiger partial charge on any atom is -0.342 e. The van der Waals surface area contributed by atoms with Crippen LogP contribution in [-0.4, -0.2) is 35.3 Å². The van der Waals surface area contributed by atoms with E-state index in [-0.39, 0.29) is 29.8 Å². The molecule has 0 bridgehead atoms. The van der Waals surface area contributed by atoms with Crippen LogP contribution in [-0.2, 0) is 9.59 Å². The van der Waals surface area contributed by atoms with Crippen molar-refractivity contribution >= 4 is 11.8 Å². The molecule has 0 aromatic carbocycles. The van der Waals surface area contributed by atoms with Crippen molar-refractivity contribution in [1.29, 1.82) is 0 Å². The fraction of sp³-hybridized carbons (Fsp3) is 0.714. The number of amides is 2. The number of nitrogens with one attached hydrogen (secondary N) is 1. The molecular weight excluding hydrogens is 228 g/mol. The van der Waals surface area contributed by atoms with Gasteiger partial charge in [0.2, 0.25) is 11.8 Å². The Morgan fingerprint density at radius 1 is 1.50 bits per heavy atom. The Bertz CT molecular complexity index is 376. The zero-order chi connectivity index (χ0) is 13.9. The molecule has 2 unspecified atom stereocenters. The van der Waals surface area contributed by atoms with Crippen molar-refractivity contribution in [3.8, 4) is 12.3 Å². The SMILES string of the molecule is C#CCC(CC)N1CC(=O)NC(C(C)(C)C)C1=O. The first kappa shape index (κ1) is 14.6. The van der Waals surface area contributed by atoms with Crippen LogP contribution in [0, 0.1) is 17.8 Å². The van der Waals surface area contributed by atoms with Gasteiger partial charge >= 0.3 is 0 Å². The molecule has 0 radical (unpaired) electrons. The maximum Gasteiger partial charge on any atom is 0.246 e. The number of carbonyl (C=O) groups excluding carboxylic acids is 2. The number of piperazine rings is 1. The molecule has 1 saturated heterocycles. The van der Waals surface area contributed by atoms with Gasteiger partial charge in [-0.3, -0.25) is 9.59 Å². The van der Waals surface area contributed by atoms with Crippen LogP contribution >= 0.6 is 0 Å². The van der Waals surface area contributed by atoms with E-state index in [4.69, 9.17) is 6.42 Å². The standard InChI is InChI=1S/C14H22N2O2/c1-6-8-10(7-2)16-9-11(17)15-12(13(16)18)14(3,4)5/h1,10,12H,7-9H2,2-5H3,(H,15,17). The van der Waals surface area contributed by atoms with E-state index < -0.39 is 6.04 Å². The number of hydrogen-bond acceptors (Lipinski definition) is 2. The molecule has 100 valence electrons. The van der Waals surface area contributed by atoms with Crippen LogP contribution in [0.15, 0.2) is 0 Å². The largest absolute Gasteiger partial charge is 0.342 e.